The molecule has 1 aromatic rings. The molecule has 0 saturated heterocycles. The third-order valence-corrected chi connectivity index (χ3v) is 4.86. The van der Waals surface area contributed by atoms with Gasteiger partial charge in [-0.15, -0.1) is 12.5 Å². The zero-order valence-electron chi connectivity index (χ0n) is 12.9. The summed E-state index contributed by atoms with van der Waals surface area (Å²) in [5.74, 6) is 4.59. The molecule has 0 radical (unpaired) electrons. The lowest BCUT2D eigenvalue weighted by atomic mass is 10.2. The minimum atomic E-state index is -3.90. The van der Waals surface area contributed by atoms with Crippen LogP contribution in [0.1, 0.15) is 12.5 Å². The van der Waals surface area contributed by atoms with Crippen LogP contribution in [0.25, 0.3) is 0 Å². The zero-order valence-corrected chi connectivity index (χ0v) is 13.7. The van der Waals surface area contributed by atoms with Crippen LogP contribution in [0.2, 0.25) is 0 Å². The zero-order chi connectivity index (χ0) is 16.8. The second-order valence-electron chi connectivity index (χ2n) is 4.49. The molecule has 6 heteroatoms. The average molecular weight is 321 g/mol. The Morgan fingerprint density at radius 2 is 2.00 bits per heavy atom. The maximum atomic E-state index is 12.8. The van der Waals surface area contributed by atoms with Gasteiger partial charge in [0.2, 0.25) is 10.0 Å². The van der Waals surface area contributed by atoms with Gasteiger partial charge >= 0.3 is 5.97 Å². The lowest BCUT2D eigenvalue weighted by Crippen LogP contribution is -2.44. The predicted molar refractivity (Wildman–Crippen MR) is 84.5 cm³/mol. The highest BCUT2D eigenvalue weighted by molar-refractivity contribution is 7.89. The molecule has 118 valence electrons. The van der Waals surface area contributed by atoms with Crippen molar-refractivity contribution in [3.05, 3.63) is 42.5 Å². The van der Waals surface area contributed by atoms with E-state index in [-0.39, 0.29) is 11.4 Å². The van der Waals surface area contributed by atoms with E-state index in [4.69, 9.17) is 0 Å². The van der Waals surface area contributed by atoms with Gasteiger partial charge in [-0.1, -0.05) is 29.7 Å². The minimum absolute atomic E-state index is 0.0896. The number of benzene rings is 1. The summed E-state index contributed by atoms with van der Waals surface area (Å²) in [6.45, 7) is 6.85. The molecule has 1 rings (SSSR count). The molecule has 5 nitrogen and oxygen atoms in total. The molecule has 0 heterocycles. The Bertz CT molecular complexity index is 696. The molecule has 0 bridgehead atoms. The Hall–Kier alpha value is -2.10. The number of methoxy groups -OCH3 is 1. The minimum Gasteiger partial charge on any atom is -0.468 e. The van der Waals surface area contributed by atoms with E-state index in [1.54, 1.807) is 19.1 Å². The van der Waals surface area contributed by atoms with E-state index >= 15 is 0 Å². The molecule has 0 fully saturated rings. The lowest BCUT2D eigenvalue weighted by Gasteiger charge is -2.25. The lowest BCUT2D eigenvalue weighted by molar-refractivity contribution is -0.143. The molecule has 22 heavy (non-hydrogen) atoms. The van der Waals surface area contributed by atoms with Crippen LogP contribution >= 0.6 is 0 Å². The van der Waals surface area contributed by atoms with Gasteiger partial charge in [-0.2, -0.15) is 4.31 Å². The van der Waals surface area contributed by atoms with Crippen LogP contribution in [0.5, 0.6) is 0 Å². The average Bonchev–Trinajstić information content (AvgIpc) is 2.51. The van der Waals surface area contributed by atoms with E-state index in [0.717, 1.165) is 9.87 Å². The fourth-order valence-electron chi connectivity index (χ4n) is 1.79. The van der Waals surface area contributed by atoms with Crippen LogP contribution in [-0.4, -0.2) is 38.4 Å². The smallest absolute Gasteiger partial charge is 0.328 e. The van der Waals surface area contributed by atoms with E-state index < -0.39 is 22.0 Å². The molecule has 1 aromatic carbocycles. The first-order chi connectivity index (χ1) is 10.4. The second-order valence-corrected chi connectivity index (χ2v) is 6.38. The number of ether oxygens (including phenoxy) is 1. The summed E-state index contributed by atoms with van der Waals surface area (Å²) in [4.78, 5) is 11.9. The summed E-state index contributed by atoms with van der Waals surface area (Å²) in [6.07, 6.45) is 1.23. The molecular weight excluding hydrogens is 302 g/mol. The molecular formula is C16H19NO4S. The Kier molecular flexibility index (Phi) is 6.35. The normalized spacial score (nSPS) is 12.2. The van der Waals surface area contributed by atoms with Gasteiger partial charge in [0, 0.05) is 0 Å². The third kappa shape index (κ3) is 3.97. The van der Waals surface area contributed by atoms with Crippen molar-refractivity contribution in [1.82, 2.24) is 4.31 Å². The van der Waals surface area contributed by atoms with E-state index in [0.29, 0.717) is 0 Å². The summed E-state index contributed by atoms with van der Waals surface area (Å²) in [6, 6.07) is 5.25. The fraction of sp³-hybridized carbons (Fsp3) is 0.312. The van der Waals surface area contributed by atoms with Gasteiger partial charge in [0.05, 0.1) is 18.6 Å². The monoisotopic (exact) mass is 321 g/mol. The topological polar surface area (TPSA) is 63.7 Å². The molecule has 0 saturated carbocycles. The summed E-state index contributed by atoms with van der Waals surface area (Å²) in [7, 11) is -2.70. The van der Waals surface area contributed by atoms with Crippen molar-refractivity contribution in [2.24, 2.45) is 0 Å². The summed E-state index contributed by atoms with van der Waals surface area (Å²) >= 11 is 0. The number of carbonyl (C=O) groups excluding carboxylic acids is 1. The number of hydrogen-bond donors (Lipinski definition) is 0. The number of sulfonamides is 1. The van der Waals surface area contributed by atoms with Gasteiger partial charge in [-0.05, 0) is 26.0 Å². The number of rotatable bonds is 6. The van der Waals surface area contributed by atoms with Gasteiger partial charge < -0.3 is 4.74 Å². The molecule has 0 spiro atoms. The molecule has 1 atom stereocenters. The SMILES string of the molecule is C=C[C@@H](C(=O)OC)N(CC#CC)S(=O)(=O)c1ccc(C)cc1. The van der Waals surface area contributed by atoms with Crippen LogP contribution in [0.15, 0.2) is 41.8 Å². The van der Waals surface area contributed by atoms with Gasteiger partial charge in [0.15, 0.2) is 0 Å². The van der Waals surface area contributed by atoms with Crippen molar-refractivity contribution in [2.45, 2.75) is 24.8 Å². The third-order valence-electron chi connectivity index (χ3n) is 3.02. The molecule has 0 aliphatic carbocycles. The summed E-state index contributed by atoms with van der Waals surface area (Å²) in [5, 5.41) is 0. The maximum absolute atomic E-state index is 12.8. The Balaban J connectivity index is 3.35. The van der Waals surface area contributed by atoms with Crippen molar-refractivity contribution < 1.29 is 17.9 Å². The highest BCUT2D eigenvalue weighted by atomic mass is 32.2. The van der Waals surface area contributed by atoms with Gasteiger partial charge in [-0.25, -0.2) is 13.2 Å². The molecule has 0 unspecified atom stereocenters. The number of nitrogens with zero attached hydrogens (tertiary/aromatic N) is 1. The van der Waals surface area contributed by atoms with Crippen molar-refractivity contribution in [3.8, 4) is 11.8 Å². The number of carbonyl (C=O) groups is 1. The fourth-order valence-corrected chi connectivity index (χ4v) is 3.24. The van der Waals surface area contributed by atoms with Gasteiger partial charge in [0.25, 0.3) is 0 Å². The molecule has 0 aliphatic rings. The predicted octanol–water partition coefficient (Wildman–Crippen LogP) is 1.74. The van der Waals surface area contributed by atoms with Crippen LogP contribution in [0.4, 0.5) is 0 Å². The van der Waals surface area contributed by atoms with Crippen LogP contribution in [0, 0.1) is 18.8 Å². The van der Waals surface area contributed by atoms with Crippen molar-refractivity contribution >= 4 is 16.0 Å². The van der Waals surface area contributed by atoms with Crippen LogP contribution < -0.4 is 0 Å². The Labute approximate surface area is 131 Å². The number of hydrogen-bond acceptors (Lipinski definition) is 4. The molecule has 0 aliphatic heterocycles. The number of esters is 1. The van der Waals surface area contributed by atoms with Crippen LogP contribution in [0.3, 0.4) is 0 Å². The molecule has 0 aromatic heterocycles. The first-order valence-electron chi connectivity index (χ1n) is 6.57. The Morgan fingerprint density at radius 3 is 2.45 bits per heavy atom. The molecule has 0 N–H and O–H groups in total. The quantitative estimate of drug-likeness (QED) is 0.455. The first-order valence-corrected chi connectivity index (χ1v) is 8.01. The molecule has 0 amide bonds. The Morgan fingerprint density at radius 1 is 1.41 bits per heavy atom. The van der Waals surface area contributed by atoms with E-state index in [1.807, 2.05) is 6.92 Å². The van der Waals surface area contributed by atoms with E-state index in [2.05, 4.69) is 23.2 Å². The van der Waals surface area contributed by atoms with Gasteiger partial charge in [-0.3, -0.25) is 0 Å². The van der Waals surface area contributed by atoms with Crippen LogP contribution in [-0.2, 0) is 19.6 Å². The van der Waals surface area contributed by atoms with Crippen molar-refractivity contribution in [3.63, 3.8) is 0 Å². The maximum Gasteiger partial charge on any atom is 0.328 e. The highest BCUT2D eigenvalue weighted by Crippen LogP contribution is 2.19. The largest absolute Gasteiger partial charge is 0.468 e. The first kappa shape index (κ1) is 18.0. The van der Waals surface area contributed by atoms with E-state index in [1.165, 1.54) is 25.3 Å². The van der Waals surface area contributed by atoms with Gasteiger partial charge in [0.1, 0.15) is 6.04 Å². The van der Waals surface area contributed by atoms with Crippen molar-refractivity contribution in [1.29, 1.82) is 0 Å². The van der Waals surface area contributed by atoms with E-state index in [9.17, 15) is 13.2 Å². The summed E-state index contributed by atoms with van der Waals surface area (Å²) < 4.78 is 31.2. The standard InChI is InChI=1S/C16H19NO4S/c1-5-7-12-17(15(6-2)16(18)21-4)22(19,20)14-10-8-13(3)9-11-14/h6,8-11,15H,2,12H2,1,3-4H3/t15-/m0/s1. The second kappa shape index (κ2) is 7.78. The highest BCUT2D eigenvalue weighted by Gasteiger charge is 2.34. The van der Waals surface area contributed by atoms with Crippen molar-refractivity contribution in [2.75, 3.05) is 13.7 Å². The summed E-state index contributed by atoms with van der Waals surface area (Å²) in [5.41, 5.74) is 0.937. The number of aryl methyl sites for hydroxylation is 1.